The molecule has 2 aromatic rings. The van der Waals surface area contributed by atoms with Gasteiger partial charge in [0.2, 0.25) is 5.13 Å². The molecule has 0 aliphatic carbocycles. The lowest BCUT2D eigenvalue weighted by Crippen LogP contribution is -2.20. The van der Waals surface area contributed by atoms with Crippen molar-refractivity contribution in [3.05, 3.63) is 29.3 Å². The van der Waals surface area contributed by atoms with Crippen molar-refractivity contribution in [1.29, 1.82) is 0 Å². The number of likely N-dealkylation sites (N-methyl/N-ethyl adjacent to an activating group) is 1. The lowest BCUT2D eigenvalue weighted by molar-refractivity contribution is 0.357. The summed E-state index contributed by atoms with van der Waals surface area (Å²) in [6, 6.07) is 6.45. The summed E-state index contributed by atoms with van der Waals surface area (Å²) in [7, 11) is 2.01. The highest BCUT2D eigenvalue weighted by Crippen LogP contribution is 2.26. The van der Waals surface area contributed by atoms with E-state index >= 15 is 0 Å². The van der Waals surface area contributed by atoms with Gasteiger partial charge in [0.15, 0.2) is 0 Å². The van der Waals surface area contributed by atoms with Gasteiger partial charge in [-0.1, -0.05) is 21.7 Å². The number of nitrogens with zero attached hydrogens (tertiary/aromatic N) is 4. The van der Waals surface area contributed by atoms with Gasteiger partial charge in [-0.2, -0.15) is 0 Å². The van der Waals surface area contributed by atoms with Crippen LogP contribution >= 0.6 is 11.5 Å². The zero-order valence-corrected chi connectivity index (χ0v) is 11.0. The Morgan fingerprint density at radius 1 is 1.44 bits per heavy atom. The Bertz CT molecular complexity index is 529. The molecule has 0 fully saturated rings. The van der Waals surface area contributed by atoms with Crippen LogP contribution in [0.5, 0.6) is 5.75 Å². The summed E-state index contributed by atoms with van der Waals surface area (Å²) in [6.45, 7) is 1.73. The van der Waals surface area contributed by atoms with Crippen LogP contribution in [0, 0.1) is 0 Å². The van der Waals surface area contributed by atoms with E-state index in [1.807, 2.05) is 7.05 Å². The van der Waals surface area contributed by atoms with Gasteiger partial charge in [-0.3, -0.25) is 0 Å². The average Bonchev–Trinajstić information content (AvgIpc) is 3.05. The van der Waals surface area contributed by atoms with Gasteiger partial charge in [-0.25, -0.2) is 0 Å². The predicted molar refractivity (Wildman–Crippen MR) is 70.3 cm³/mol. The number of fused-ring (bicyclic) bond motifs is 1. The highest BCUT2D eigenvalue weighted by molar-refractivity contribution is 7.09. The molecule has 1 aliphatic rings. The SMILES string of the molecule is CN(CCc1ccc2c(c1)CCO2)c1nnns1. The number of rotatable bonds is 4. The molecule has 1 aliphatic heterocycles. The number of aromatic nitrogens is 3. The van der Waals surface area contributed by atoms with Crippen LogP contribution in [-0.4, -0.2) is 35.0 Å². The molecule has 0 spiro atoms. The molecule has 0 saturated heterocycles. The molecule has 0 amide bonds. The van der Waals surface area contributed by atoms with Crippen LogP contribution in [-0.2, 0) is 12.8 Å². The highest BCUT2D eigenvalue weighted by atomic mass is 32.1. The summed E-state index contributed by atoms with van der Waals surface area (Å²) in [5, 5.41) is 8.42. The molecule has 1 aromatic carbocycles. The highest BCUT2D eigenvalue weighted by Gasteiger charge is 2.12. The largest absolute Gasteiger partial charge is 0.493 e. The van der Waals surface area contributed by atoms with E-state index in [9.17, 15) is 0 Å². The molecule has 1 aromatic heterocycles. The Morgan fingerprint density at radius 3 is 3.22 bits per heavy atom. The first-order valence-electron chi connectivity index (χ1n) is 5.94. The van der Waals surface area contributed by atoms with Gasteiger partial charge in [-0.15, -0.1) is 0 Å². The van der Waals surface area contributed by atoms with Gasteiger partial charge in [0.25, 0.3) is 0 Å². The van der Waals surface area contributed by atoms with Crippen LogP contribution in [0.15, 0.2) is 18.2 Å². The van der Waals surface area contributed by atoms with Gasteiger partial charge in [0.05, 0.1) is 6.61 Å². The van der Waals surface area contributed by atoms with Gasteiger partial charge < -0.3 is 9.64 Å². The first-order chi connectivity index (χ1) is 8.83. The molecule has 0 unspecified atom stereocenters. The molecular weight excluding hydrogens is 248 g/mol. The van der Waals surface area contributed by atoms with Crippen LogP contribution in [0.1, 0.15) is 11.1 Å². The van der Waals surface area contributed by atoms with E-state index in [2.05, 4.69) is 37.9 Å². The van der Waals surface area contributed by atoms with Crippen LogP contribution < -0.4 is 9.64 Å². The van der Waals surface area contributed by atoms with E-state index < -0.39 is 0 Å². The maximum absolute atomic E-state index is 5.50. The summed E-state index contributed by atoms with van der Waals surface area (Å²) < 4.78 is 9.27. The second kappa shape index (κ2) is 4.89. The third-order valence-corrected chi connectivity index (χ3v) is 3.82. The quantitative estimate of drug-likeness (QED) is 0.836. The van der Waals surface area contributed by atoms with E-state index in [1.54, 1.807) is 0 Å². The van der Waals surface area contributed by atoms with Crippen LogP contribution in [0.2, 0.25) is 0 Å². The maximum atomic E-state index is 5.50. The van der Waals surface area contributed by atoms with E-state index in [0.29, 0.717) is 0 Å². The van der Waals surface area contributed by atoms with E-state index in [-0.39, 0.29) is 0 Å². The Balaban J connectivity index is 1.63. The monoisotopic (exact) mass is 262 g/mol. The zero-order chi connectivity index (χ0) is 12.4. The van der Waals surface area contributed by atoms with Crippen LogP contribution in [0.4, 0.5) is 5.13 Å². The molecule has 0 saturated carbocycles. The fraction of sp³-hybridized carbons (Fsp3) is 0.417. The number of benzene rings is 1. The first-order valence-corrected chi connectivity index (χ1v) is 6.71. The third-order valence-electron chi connectivity index (χ3n) is 3.11. The van der Waals surface area contributed by atoms with Crippen molar-refractivity contribution in [2.24, 2.45) is 0 Å². The van der Waals surface area contributed by atoms with Crippen molar-refractivity contribution < 1.29 is 4.74 Å². The number of ether oxygens (including phenoxy) is 1. The molecule has 94 valence electrons. The van der Waals surface area contributed by atoms with Crippen molar-refractivity contribution in [1.82, 2.24) is 14.8 Å². The van der Waals surface area contributed by atoms with Crippen molar-refractivity contribution in [2.45, 2.75) is 12.8 Å². The van der Waals surface area contributed by atoms with Gasteiger partial charge in [0, 0.05) is 31.5 Å². The fourth-order valence-corrected chi connectivity index (χ4v) is 2.51. The Labute approximate surface area is 110 Å². The molecule has 3 rings (SSSR count). The fourth-order valence-electron chi connectivity index (χ4n) is 2.06. The third kappa shape index (κ3) is 2.28. The molecule has 5 nitrogen and oxygen atoms in total. The molecule has 18 heavy (non-hydrogen) atoms. The molecule has 0 bridgehead atoms. The lowest BCUT2D eigenvalue weighted by atomic mass is 10.1. The van der Waals surface area contributed by atoms with Gasteiger partial charge >= 0.3 is 0 Å². The Morgan fingerprint density at radius 2 is 2.39 bits per heavy atom. The van der Waals surface area contributed by atoms with Crippen LogP contribution in [0.25, 0.3) is 0 Å². The summed E-state index contributed by atoms with van der Waals surface area (Å²) in [5.74, 6) is 1.04. The smallest absolute Gasteiger partial charge is 0.227 e. The van der Waals surface area contributed by atoms with E-state index in [0.717, 1.165) is 36.9 Å². The van der Waals surface area contributed by atoms with Crippen molar-refractivity contribution in [2.75, 3.05) is 25.1 Å². The molecule has 0 N–H and O–H groups in total. The van der Waals surface area contributed by atoms with Crippen molar-refractivity contribution in [3.63, 3.8) is 0 Å². The topological polar surface area (TPSA) is 51.1 Å². The van der Waals surface area contributed by atoms with Crippen molar-refractivity contribution >= 4 is 16.7 Å². The summed E-state index contributed by atoms with van der Waals surface area (Å²) in [6.07, 6.45) is 2.02. The number of hydrogen-bond donors (Lipinski definition) is 0. The molecular formula is C12H14N4OS. The van der Waals surface area contributed by atoms with Gasteiger partial charge in [-0.05, 0) is 28.8 Å². The Kier molecular flexibility index (Phi) is 3.10. The lowest BCUT2D eigenvalue weighted by Gasteiger charge is -2.14. The molecule has 0 atom stereocenters. The molecule has 0 radical (unpaired) electrons. The first kappa shape index (κ1) is 11.4. The van der Waals surface area contributed by atoms with Gasteiger partial charge in [0.1, 0.15) is 5.75 Å². The number of anilines is 1. The van der Waals surface area contributed by atoms with E-state index in [1.165, 1.54) is 22.7 Å². The summed E-state index contributed by atoms with van der Waals surface area (Å²) in [5.41, 5.74) is 2.66. The van der Waals surface area contributed by atoms with E-state index in [4.69, 9.17) is 4.74 Å². The summed E-state index contributed by atoms with van der Waals surface area (Å²) in [4.78, 5) is 2.08. The van der Waals surface area contributed by atoms with Crippen molar-refractivity contribution in [3.8, 4) is 5.75 Å². The predicted octanol–water partition coefficient (Wildman–Crippen LogP) is 1.55. The standard InChI is InChI=1S/C12H14N4OS/c1-16(12-13-14-15-18-12)6-4-9-2-3-11-10(8-9)5-7-17-11/h2-3,8H,4-7H2,1H3. The minimum Gasteiger partial charge on any atom is -0.493 e. The molecule has 6 heteroatoms. The zero-order valence-electron chi connectivity index (χ0n) is 10.2. The summed E-state index contributed by atoms with van der Waals surface area (Å²) >= 11 is 1.32. The molecule has 2 heterocycles. The maximum Gasteiger partial charge on any atom is 0.227 e. The Hall–Kier alpha value is -1.69. The average molecular weight is 262 g/mol. The normalized spacial score (nSPS) is 13.2. The number of hydrogen-bond acceptors (Lipinski definition) is 6. The second-order valence-electron chi connectivity index (χ2n) is 4.36. The minimum absolute atomic E-state index is 0.815. The van der Waals surface area contributed by atoms with Crippen LogP contribution in [0.3, 0.4) is 0 Å². The second-order valence-corrected chi connectivity index (χ2v) is 5.07. The minimum atomic E-state index is 0.815.